The first-order valence-corrected chi connectivity index (χ1v) is 6.94. The van der Waals surface area contributed by atoms with Crippen LogP contribution in [0, 0.1) is 0 Å². The number of fused-ring (bicyclic) bond motifs is 1. The third-order valence-electron chi connectivity index (χ3n) is 4.02. The minimum absolute atomic E-state index is 0.537. The Kier molecular flexibility index (Phi) is 3.05. The Hall–Kier alpha value is -1.42. The molecule has 0 aliphatic carbocycles. The third-order valence-corrected chi connectivity index (χ3v) is 4.02. The van der Waals surface area contributed by atoms with Crippen LogP contribution in [-0.4, -0.2) is 23.3 Å². The summed E-state index contributed by atoms with van der Waals surface area (Å²) < 4.78 is 14.0. The molecule has 19 heavy (non-hydrogen) atoms. The molecule has 2 aromatic rings. The van der Waals surface area contributed by atoms with E-state index in [1.165, 1.54) is 5.69 Å². The van der Waals surface area contributed by atoms with Crippen LogP contribution in [0.25, 0.3) is 10.9 Å². The highest BCUT2D eigenvalue weighted by atomic mass is 19.1. The Bertz CT molecular complexity index is 577. The van der Waals surface area contributed by atoms with E-state index < -0.39 is 5.67 Å². The molecule has 0 saturated carbocycles. The van der Waals surface area contributed by atoms with Crippen LogP contribution >= 0.6 is 0 Å². The van der Waals surface area contributed by atoms with Gasteiger partial charge in [0.15, 0.2) is 0 Å². The largest absolute Gasteiger partial charge is 0.317 e. The highest BCUT2D eigenvalue weighted by Crippen LogP contribution is 2.32. The van der Waals surface area contributed by atoms with Crippen molar-refractivity contribution in [3.8, 4) is 0 Å². The molecule has 0 amide bonds. The number of hydrogen-bond donors (Lipinski definition) is 2. The summed E-state index contributed by atoms with van der Waals surface area (Å²) in [6, 6.07) is 5.74. The van der Waals surface area contributed by atoms with Crippen molar-refractivity contribution in [1.29, 1.82) is 0 Å². The zero-order chi connectivity index (χ0) is 13.5. The number of hydrogen-bond acceptors (Lipinski definition) is 2. The fraction of sp³-hybridized carbons (Fsp3) is 0.533. The molecular formula is C15H20FN3. The maximum absolute atomic E-state index is 14.0. The summed E-state index contributed by atoms with van der Waals surface area (Å²) in [4.78, 5) is 0. The molecule has 2 heterocycles. The molecule has 0 radical (unpaired) electrons. The summed E-state index contributed by atoms with van der Waals surface area (Å²) in [7, 11) is 0. The monoisotopic (exact) mass is 261 g/mol. The summed E-state index contributed by atoms with van der Waals surface area (Å²) >= 11 is 0. The molecule has 1 aliphatic rings. The third kappa shape index (κ3) is 2.37. The molecule has 0 atom stereocenters. The average Bonchev–Trinajstić information content (AvgIpc) is 2.81. The normalized spacial score (nSPS) is 18.1. The van der Waals surface area contributed by atoms with E-state index in [2.05, 4.69) is 15.5 Å². The fourth-order valence-corrected chi connectivity index (χ4v) is 2.82. The van der Waals surface area contributed by atoms with E-state index in [0.29, 0.717) is 11.5 Å². The van der Waals surface area contributed by atoms with Gasteiger partial charge in [0.2, 0.25) is 0 Å². The standard InChI is InChI=1S/C15H20FN3/c1-15(2,16)11-3-4-12-13(9-11)18-19-14(12)10-5-7-17-8-6-10/h3-4,9-10,17H,5-8H2,1-2H3,(H,18,19). The molecule has 3 nitrogen and oxygen atoms in total. The predicted molar refractivity (Wildman–Crippen MR) is 75.1 cm³/mol. The molecule has 1 aliphatic heterocycles. The Morgan fingerprint density at radius 3 is 2.68 bits per heavy atom. The SMILES string of the molecule is CC(C)(F)c1ccc2c(C3CCNCC3)[nH]nc2c1. The zero-order valence-electron chi connectivity index (χ0n) is 11.5. The maximum atomic E-state index is 14.0. The number of halogens is 1. The zero-order valence-corrected chi connectivity index (χ0v) is 11.5. The van der Waals surface area contributed by atoms with E-state index >= 15 is 0 Å². The lowest BCUT2D eigenvalue weighted by atomic mass is 9.91. The van der Waals surface area contributed by atoms with Crippen molar-refractivity contribution < 1.29 is 4.39 Å². The summed E-state index contributed by atoms with van der Waals surface area (Å²) in [6.07, 6.45) is 2.27. The molecule has 1 saturated heterocycles. The number of rotatable bonds is 2. The summed E-state index contributed by atoms with van der Waals surface area (Å²) in [6.45, 7) is 5.27. The Balaban J connectivity index is 2.00. The van der Waals surface area contributed by atoms with E-state index in [-0.39, 0.29) is 0 Å². The quantitative estimate of drug-likeness (QED) is 0.871. The molecule has 1 aromatic carbocycles. The Labute approximate surface area is 112 Å². The van der Waals surface area contributed by atoms with E-state index in [4.69, 9.17) is 0 Å². The maximum Gasteiger partial charge on any atom is 0.130 e. The molecule has 0 unspecified atom stereocenters. The number of nitrogens with one attached hydrogen (secondary N) is 2. The number of piperidine rings is 1. The molecule has 1 fully saturated rings. The molecule has 2 N–H and O–H groups in total. The summed E-state index contributed by atoms with van der Waals surface area (Å²) in [5, 5.41) is 12.0. The van der Waals surface area contributed by atoms with Crippen LogP contribution in [0.15, 0.2) is 18.2 Å². The second-order valence-corrected chi connectivity index (χ2v) is 5.87. The van der Waals surface area contributed by atoms with E-state index in [9.17, 15) is 4.39 Å². The number of nitrogens with zero attached hydrogens (tertiary/aromatic N) is 1. The van der Waals surface area contributed by atoms with Crippen LogP contribution in [0.3, 0.4) is 0 Å². The Morgan fingerprint density at radius 1 is 1.26 bits per heavy atom. The number of H-pyrrole nitrogens is 1. The van der Waals surface area contributed by atoms with Crippen LogP contribution in [0.1, 0.15) is 43.9 Å². The van der Waals surface area contributed by atoms with Crippen LogP contribution in [0.5, 0.6) is 0 Å². The summed E-state index contributed by atoms with van der Waals surface area (Å²) in [5.41, 5.74) is 1.45. The number of aromatic amines is 1. The smallest absolute Gasteiger partial charge is 0.130 e. The van der Waals surface area contributed by atoms with Crippen molar-refractivity contribution in [2.45, 2.75) is 38.3 Å². The van der Waals surface area contributed by atoms with Crippen LogP contribution in [-0.2, 0) is 5.67 Å². The van der Waals surface area contributed by atoms with Gasteiger partial charge in [0.05, 0.1) is 5.52 Å². The molecule has 4 heteroatoms. The van der Waals surface area contributed by atoms with Gasteiger partial charge in [-0.3, -0.25) is 5.10 Å². The van der Waals surface area contributed by atoms with Crippen molar-refractivity contribution in [1.82, 2.24) is 15.5 Å². The lowest BCUT2D eigenvalue weighted by Gasteiger charge is -2.21. The minimum atomic E-state index is -1.32. The fourth-order valence-electron chi connectivity index (χ4n) is 2.82. The van der Waals surface area contributed by atoms with Gasteiger partial charge in [-0.05, 0) is 51.4 Å². The van der Waals surface area contributed by atoms with Crippen LogP contribution in [0.2, 0.25) is 0 Å². The highest BCUT2D eigenvalue weighted by molar-refractivity contribution is 5.82. The van der Waals surface area contributed by atoms with Crippen molar-refractivity contribution in [3.05, 3.63) is 29.5 Å². The van der Waals surface area contributed by atoms with Crippen molar-refractivity contribution in [2.24, 2.45) is 0 Å². The first-order valence-electron chi connectivity index (χ1n) is 6.94. The first kappa shape index (κ1) is 12.6. The van der Waals surface area contributed by atoms with Crippen LogP contribution < -0.4 is 5.32 Å². The van der Waals surface area contributed by atoms with Crippen molar-refractivity contribution >= 4 is 10.9 Å². The lowest BCUT2D eigenvalue weighted by Crippen LogP contribution is -2.26. The van der Waals surface area contributed by atoms with Gasteiger partial charge in [-0.15, -0.1) is 0 Å². The summed E-state index contributed by atoms with van der Waals surface area (Å²) in [5.74, 6) is 0.537. The topological polar surface area (TPSA) is 40.7 Å². The lowest BCUT2D eigenvalue weighted by molar-refractivity contribution is 0.221. The van der Waals surface area contributed by atoms with Gasteiger partial charge in [-0.25, -0.2) is 4.39 Å². The minimum Gasteiger partial charge on any atom is -0.317 e. The van der Waals surface area contributed by atoms with Gasteiger partial charge in [-0.1, -0.05) is 12.1 Å². The predicted octanol–water partition coefficient (Wildman–Crippen LogP) is 3.23. The molecule has 102 valence electrons. The van der Waals surface area contributed by atoms with Crippen molar-refractivity contribution in [3.63, 3.8) is 0 Å². The second kappa shape index (κ2) is 4.60. The van der Waals surface area contributed by atoms with E-state index in [1.54, 1.807) is 13.8 Å². The average molecular weight is 261 g/mol. The first-order chi connectivity index (χ1) is 9.05. The second-order valence-electron chi connectivity index (χ2n) is 5.87. The van der Waals surface area contributed by atoms with Gasteiger partial charge in [0.25, 0.3) is 0 Å². The van der Waals surface area contributed by atoms with Gasteiger partial charge >= 0.3 is 0 Å². The molecule has 1 aromatic heterocycles. The molecule has 0 bridgehead atoms. The van der Waals surface area contributed by atoms with Crippen LogP contribution in [0.4, 0.5) is 4.39 Å². The van der Waals surface area contributed by atoms with Gasteiger partial charge in [0, 0.05) is 17.0 Å². The highest BCUT2D eigenvalue weighted by Gasteiger charge is 2.22. The van der Waals surface area contributed by atoms with Crippen molar-refractivity contribution in [2.75, 3.05) is 13.1 Å². The molecule has 0 spiro atoms. The molecule has 3 rings (SSSR count). The number of benzene rings is 1. The number of alkyl halides is 1. The number of aromatic nitrogens is 2. The van der Waals surface area contributed by atoms with Gasteiger partial charge < -0.3 is 5.32 Å². The van der Waals surface area contributed by atoms with E-state index in [1.807, 2.05) is 18.2 Å². The van der Waals surface area contributed by atoms with E-state index in [0.717, 1.165) is 36.8 Å². The molecular weight excluding hydrogens is 241 g/mol. The Morgan fingerprint density at radius 2 is 2.00 bits per heavy atom. The van der Waals surface area contributed by atoms with Gasteiger partial charge in [-0.2, -0.15) is 5.10 Å². The van der Waals surface area contributed by atoms with Gasteiger partial charge in [0.1, 0.15) is 5.67 Å².